The van der Waals surface area contributed by atoms with Crippen molar-refractivity contribution in [3.8, 4) is 0 Å². The maximum atomic E-state index is 10.9. The molecule has 7 nitrogen and oxygen atoms in total. The predicted octanol–water partition coefficient (Wildman–Crippen LogP) is 3.90. The van der Waals surface area contributed by atoms with Gasteiger partial charge in [-0.15, -0.1) is 0 Å². The third-order valence-electron chi connectivity index (χ3n) is 3.48. The van der Waals surface area contributed by atoms with Crippen LogP contribution in [0.1, 0.15) is 46.0 Å². The Bertz CT molecular complexity index is 611. The Balaban J connectivity index is 2.07. The van der Waals surface area contributed by atoms with E-state index in [1.807, 2.05) is 0 Å². The summed E-state index contributed by atoms with van der Waals surface area (Å²) in [7, 11) is 0. The average molecular weight is 292 g/mol. The smallest absolute Gasteiger partial charge is 0.300 e. The van der Waals surface area contributed by atoms with Gasteiger partial charge in [-0.3, -0.25) is 10.1 Å². The molecule has 0 saturated carbocycles. The summed E-state index contributed by atoms with van der Waals surface area (Å²) in [6, 6.07) is 3.36. The van der Waals surface area contributed by atoms with Crippen LogP contribution in [0.3, 0.4) is 0 Å². The van der Waals surface area contributed by atoms with Gasteiger partial charge < -0.3 is 5.32 Å². The second-order valence-electron chi connectivity index (χ2n) is 5.25. The van der Waals surface area contributed by atoms with Crippen LogP contribution < -0.4 is 5.32 Å². The summed E-state index contributed by atoms with van der Waals surface area (Å²) in [5.74, 6) is 0. The van der Waals surface area contributed by atoms with E-state index < -0.39 is 4.92 Å². The van der Waals surface area contributed by atoms with Crippen molar-refractivity contribution in [2.45, 2.75) is 52.0 Å². The van der Waals surface area contributed by atoms with Gasteiger partial charge in [0.1, 0.15) is 0 Å². The van der Waals surface area contributed by atoms with Gasteiger partial charge in [-0.1, -0.05) is 32.6 Å². The highest BCUT2D eigenvalue weighted by Gasteiger charge is 2.20. The van der Waals surface area contributed by atoms with Crippen molar-refractivity contribution < 1.29 is 9.55 Å². The van der Waals surface area contributed by atoms with Crippen molar-refractivity contribution in [2.24, 2.45) is 0 Å². The fourth-order valence-corrected chi connectivity index (χ4v) is 2.33. The molecule has 2 rings (SSSR count). The number of unbranched alkanes of at least 4 members (excludes halogenated alkanes) is 3. The number of rotatable bonds is 8. The molecule has 0 aliphatic rings. The van der Waals surface area contributed by atoms with E-state index in [2.05, 4.69) is 34.1 Å². The molecule has 1 unspecified atom stereocenters. The van der Waals surface area contributed by atoms with Crippen LogP contribution >= 0.6 is 0 Å². The quantitative estimate of drug-likeness (QED) is 0.450. The second kappa shape index (κ2) is 7.01. The highest BCUT2D eigenvalue weighted by atomic mass is 16.6. The number of nitrogens with zero attached hydrogens (tertiary/aromatic N) is 3. The number of benzene rings is 1. The summed E-state index contributed by atoms with van der Waals surface area (Å²) in [6.45, 7) is 4.28. The molecule has 0 bridgehead atoms. The number of fused-ring (bicyclic) bond motifs is 1. The molecule has 0 aliphatic heterocycles. The molecule has 0 radical (unpaired) electrons. The number of nitrogens with one attached hydrogen (secondary N) is 1. The maximum absolute atomic E-state index is 10.9. The Kier molecular flexibility index (Phi) is 5.08. The number of hydrogen-bond donors (Lipinski definition) is 1. The van der Waals surface area contributed by atoms with Crippen molar-refractivity contribution in [1.29, 1.82) is 0 Å². The van der Waals surface area contributed by atoms with E-state index in [-0.39, 0.29) is 17.2 Å². The fourth-order valence-electron chi connectivity index (χ4n) is 2.33. The molecule has 0 saturated heterocycles. The van der Waals surface area contributed by atoms with Crippen molar-refractivity contribution >= 4 is 22.4 Å². The van der Waals surface area contributed by atoms with E-state index in [9.17, 15) is 10.1 Å². The van der Waals surface area contributed by atoms with Crippen LogP contribution in [-0.4, -0.2) is 21.3 Å². The van der Waals surface area contributed by atoms with Gasteiger partial charge in [-0.05, 0) is 29.7 Å². The molecule has 0 aliphatic carbocycles. The predicted molar refractivity (Wildman–Crippen MR) is 80.3 cm³/mol. The summed E-state index contributed by atoms with van der Waals surface area (Å²) in [4.78, 5) is 10.4. The first-order valence-corrected chi connectivity index (χ1v) is 7.29. The van der Waals surface area contributed by atoms with Crippen molar-refractivity contribution in [3.05, 3.63) is 22.2 Å². The van der Waals surface area contributed by atoms with Crippen molar-refractivity contribution in [1.82, 2.24) is 10.3 Å². The molecule has 1 aromatic carbocycles. The number of hydrogen-bond acceptors (Lipinski definition) is 6. The molecule has 1 N–H and O–H groups in total. The standard InChI is InChI=1S/C14H20N4O3/c1-3-4-5-6-7-10(2)15-11-8-9-12(18(19)20)14-13(11)16-21-17-14/h8-10,15H,3-7H2,1-2H3. The van der Waals surface area contributed by atoms with Crippen molar-refractivity contribution in [3.63, 3.8) is 0 Å². The Morgan fingerprint density at radius 3 is 2.76 bits per heavy atom. The SMILES string of the molecule is CCCCCCC(C)Nc1ccc([N+](=O)[O-])c2nonc12. The Hall–Kier alpha value is -2.18. The Morgan fingerprint density at radius 1 is 1.29 bits per heavy atom. The van der Waals surface area contributed by atoms with Gasteiger partial charge in [-0.25, -0.2) is 4.63 Å². The van der Waals surface area contributed by atoms with Gasteiger partial charge >= 0.3 is 5.69 Å². The van der Waals surface area contributed by atoms with Crippen LogP contribution in [0.2, 0.25) is 0 Å². The normalized spacial score (nSPS) is 12.5. The first-order valence-electron chi connectivity index (χ1n) is 7.29. The van der Waals surface area contributed by atoms with Crippen molar-refractivity contribution in [2.75, 3.05) is 5.32 Å². The lowest BCUT2D eigenvalue weighted by Crippen LogP contribution is -2.15. The zero-order valence-electron chi connectivity index (χ0n) is 12.3. The number of nitro benzene ring substituents is 1. The molecule has 0 spiro atoms. The van der Waals surface area contributed by atoms with Gasteiger partial charge in [0.15, 0.2) is 5.52 Å². The summed E-state index contributed by atoms with van der Waals surface area (Å²) in [5.41, 5.74) is 1.22. The molecule has 7 heteroatoms. The van der Waals surface area contributed by atoms with Crippen LogP contribution in [-0.2, 0) is 0 Å². The fraction of sp³-hybridized carbons (Fsp3) is 0.571. The molecule has 2 aromatic rings. The monoisotopic (exact) mass is 292 g/mol. The molecule has 0 fully saturated rings. The van der Waals surface area contributed by atoms with Crippen LogP contribution in [0.15, 0.2) is 16.8 Å². The van der Waals surface area contributed by atoms with E-state index in [0.29, 0.717) is 5.52 Å². The summed E-state index contributed by atoms with van der Waals surface area (Å²) in [6.07, 6.45) is 5.90. The highest BCUT2D eigenvalue weighted by Crippen LogP contribution is 2.29. The van der Waals surface area contributed by atoms with Crippen LogP contribution in [0.5, 0.6) is 0 Å². The zero-order chi connectivity index (χ0) is 15.2. The molecule has 1 atom stereocenters. The zero-order valence-corrected chi connectivity index (χ0v) is 12.3. The molecule has 1 aromatic heterocycles. The molecular weight excluding hydrogens is 272 g/mol. The van der Waals surface area contributed by atoms with Crippen LogP contribution in [0.4, 0.5) is 11.4 Å². The highest BCUT2D eigenvalue weighted by molar-refractivity contribution is 5.93. The van der Waals surface area contributed by atoms with Gasteiger partial charge in [0, 0.05) is 12.1 Å². The topological polar surface area (TPSA) is 94.1 Å². The molecule has 21 heavy (non-hydrogen) atoms. The largest absolute Gasteiger partial charge is 0.381 e. The number of aromatic nitrogens is 2. The lowest BCUT2D eigenvalue weighted by Gasteiger charge is -2.14. The summed E-state index contributed by atoms with van der Waals surface area (Å²) < 4.78 is 4.65. The van der Waals surface area contributed by atoms with Gasteiger partial charge in [-0.2, -0.15) is 0 Å². The number of non-ortho nitro benzene ring substituents is 1. The maximum Gasteiger partial charge on any atom is 0.300 e. The van der Waals surface area contributed by atoms with Crippen LogP contribution in [0, 0.1) is 10.1 Å². The Morgan fingerprint density at radius 2 is 2.05 bits per heavy atom. The van der Waals surface area contributed by atoms with E-state index in [1.54, 1.807) is 6.07 Å². The summed E-state index contributed by atoms with van der Waals surface area (Å²) >= 11 is 0. The van der Waals surface area contributed by atoms with E-state index in [0.717, 1.165) is 18.5 Å². The number of nitro groups is 1. The molecule has 114 valence electrons. The van der Waals surface area contributed by atoms with Crippen LogP contribution in [0.25, 0.3) is 11.0 Å². The van der Waals surface area contributed by atoms with Gasteiger partial charge in [0.2, 0.25) is 5.52 Å². The third kappa shape index (κ3) is 3.68. The van der Waals surface area contributed by atoms with E-state index in [4.69, 9.17) is 0 Å². The molecule has 0 amide bonds. The summed E-state index contributed by atoms with van der Waals surface area (Å²) in [5, 5.41) is 21.7. The minimum atomic E-state index is -0.482. The van der Waals surface area contributed by atoms with Gasteiger partial charge in [0.25, 0.3) is 0 Å². The minimum absolute atomic E-state index is 0.0904. The van der Waals surface area contributed by atoms with Gasteiger partial charge in [0.05, 0.1) is 10.6 Å². The lowest BCUT2D eigenvalue weighted by molar-refractivity contribution is -0.383. The first kappa shape index (κ1) is 15.2. The average Bonchev–Trinajstić information content (AvgIpc) is 2.93. The number of anilines is 1. The second-order valence-corrected chi connectivity index (χ2v) is 5.25. The lowest BCUT2D eigenvalue weighted by atomic mass is 10.1. The van der Waals surface area contributed by atoms with E-state index >= 15 is 0 Å². The third-order valence-corrected chi connectivity index (χ3v) is 3.48. The van der Waals surface area contributed by atoms with E-state index in [1.165, 1.54) is 25.3 Å². The molecular formula is C14H20N4O3. The molecule has 1 heterocycles. The minimum Gasteiger partial charge on any atom is -0.381 e. The Labute approximate surface area is 122 Å². The first-order chi connectivity index (χ1) is 10.1.